The number of carbonyl (C=O) groups excluding carboxylic acids is 1. The van der Waals surface area contributed by atoms with Crippen molar-refractivity contribution < 1.29 is 13.9 Å². The molecule has 1 aliphatic rings. The van der Waals surface area contributed by atoms with Gasteiger partial charge in [-0.1, -0.05) is 0 Å². The number of benzene rings is 1. The van der Waals surface area contributed by atoms with Crippen LogP contribution >= 0.6 is 0 Å². The summed E-state index contributed by atoms with van der Waals surface area (Å²) < 4.78 is 18.1. The van der Waals surface area contributed by atoms with Crippen molar-refractivity contribution in [3.63, 3.8) is 0 Å². The number of halogens is 1. The standard InChI is InChI=1S/C15H12FNO2/c1-9-8-11-6-7-19-15(18)13(11)14(17-9)10-2-4-12(16)5-3-10/h2-5,8H,6-7H2,1H3. The number of esters is 1. The van der Waals surface area contributed by atoms with Crippen LogP contribution in [0.3, 0.4) is 0 Å². The number of hydrogen-bond donors (Lipinski definition) is 0. The molecular weight excluding hydrogens is 245 g/mol. The third kappa shape index (κ3) is 2.10. The van der Waals surface area contributed by atoms with Crippen molar-refractivity contribution in [2.45, 2.75) is 13.3 Å². The van der Waals surface area contributed by atoms with Gasteiger partial charge in [-0.05, 0) is 42.8 Å². The Hall–Kier alpha value is -2.23. The van der Waals surface area contributed by atoms with Crippen molar-refractivity contribution in [3.05, 3.63) is 53.0 Å². The molecule has 0 spiro atoms. The zero-order valence-corrected chi connectivity index (χ0v) is 10.4. The van der Waals surface area contributed by atoms with Crippen LogP contribution in [-0.4, -0.2) is 17.6 Å². The Morgan fingerprint density at radius 1 is 1.26 bits per heavy atom. The van der Waals surface area contributed by atoms with Crippen LogP contribution in [0.4, 0.5) is 4.39 Å². The Kier molecular flexibility index (Phi) is 2.78. The largest absolute Gasteiger partial charge is 0.462 e. The molecule has 0 saturated carbocycles. The lowest BCUT2D eigenvalue weighted by atomic mass is 9.97. The summed E-state index contributed by atoms with van der Waals surface area (Å²) in [5.41, 5.74) is 3.58. The molecular formula is C15H12FNO2. The number of cyclic esters (lactones) is 1. The fourth-order valence-electron chi connectivity index (χ4n) is 2.31. The Balaban J connectivity index is 2.23. The molecule has 2 heterocycles. The van der Waals surface area contributed by atoms with Crippen LogP contribution in [0.1, 0.15) is 21.6 Å². The van der Waals surface area contributed by atoms with Gasteiger partial charge in [0, 0.05) is 17.7 Å². The molecule has 3 rings (SSSR count). The van der Waals surface area contributed by atoms with Gasteiger partial charge in [-0.3, -0.25) is 4.98 Å². The van der Waals surface area contributed by atoms with Gasteiger partial charge in [0.15, 0.2) is 0 Å². The highest BCUT2D eigenvalue weighted by Gasteiger charge is 2.24. The van der Waals surface area contributed by atoms with Crippen LogP contribution in [0, 0.1) is 12.7 Å². The van der Waals surface area contributed by atoms with Crippen molar-refractivity contribution in [3.8, 4) is 11.3 Å². The lowest BCUT2D eigenvalue weighted by molar-refractivity contribution is 0.0481. The van der Waals surface area contributed by atoms with E-state index in [1.165, 1.54) is 12.1 Å². The SMILES string of the molecule is Cc1cc2c(c(-c3ccc(F)cc3)n1)C(=O)OCC2. The van der Waals surface area contributed by atoms with Crippen LogP contribution in [-0.2, 0) is 11.2 Å². The van der Waals surface area contributed by atoms with E-state index in [-0.39, 0.29) is 11.8 Å². The zero-order valence-electron chi connectivity index (χ0n) is 10.4. The molecule has 0 unspecified atom stereocenters. The maximum atomic E-state index is 13.0. The second-order valence-corrected chi connectivity index (χ2v) is 4.54. The first-order chi connectivity index (χ1) is 9.15. The molecule has 19 heavy (non-hydrogen) atoms. The molecule has 1 aromatic heterocycles. The first-order valence-corrected chi connectivity index (χ1v) is 6.09. The van der Waals surface area contributed by atoms with E-state index in [2.05, 4.69) is 4.98 Å². The van der Waals surface area contributed by atoms with Gasteiger partial charge in [-0.25, -0.2) is 9.18 Å². The maximum Gasteiger partial charge on any atom is 0.340 e. The number of carbonyl (C=O) groups is 1. The van der Waals surface area contributed by atoms with Crippen LogP contribution in [0.5, 0.6) is 0 Å². The highest BCUT2D eigenvalue weighted by Crippen LogP contribution is 2.28. The van der Waals surface area contributed by atoms with Crippen molar-refractivity contribution >= 4 is 5.97 Å². The topological polar surface area (TPSA) is 39.2 Å². The fourth-order valence-corrected chi connectivity index (χ4v) is 2.31. The van der Waals surface area contributed by atoms with Crippen LogP contribution < -0.4 is 0 Å². The van der Waals surface area contributed by atoms with Crippen LogP contribution in [0.15, 0.2) is 30.3 Å². The van der Waals surface area contributed by atoms with E-state index in [0.717, 1.165) is 16.8 Å². The molecule has 2 aromatic rings. The Labute approximate surface area is 110 Å². The van der Waals surface area contributed by atoms with E-state index in [9.17, 15) is 9.18 Å². The fraction of sp³-hybridized carbons (Fsp3) is 0.200. The van der Waals surface area contributed by atoms with Crippen LogP contribution in [0.2, 0.25) is 0 Å². The Bertz CT molecular complexity index is 650. The summed E-state index contributed by atoms with van der Waals surface area (Å²) in [7, 11) is 0. The molecule has 0 radical (unpaired) electrons. The molecule has 1 aliphatic heterocycles. The smallest absolute Gasteiger partial charge is 0.340 e. The number of nitrogens with zero attached hydrogens (tertiary/aromatic N) is 1. The lowest BCUT2D eigenvalue weighted by Crippen LogP contribution is -2.20. The van der Waals surface area contributed by atoms with Crippen molar-refractivity contribution in [1.29, 1.82) is 0 Å². The van der Waals surface area contributed by atoms with Gasteiger partial charge in [0.25, 0.3) is 0 Å². The van der Waals surface area contributed by atoms with Gasteiger partial charge in [0.2, 0.25) is 0 Å². The molecule has 0 fully saturated rings. The summed E-state index contributed by atoms with van der Waals surface area (Å²) in [5.74, 6) is -0.666. The normalized spacial score (nSPS) is 13.9. The van der Waals surface area contributed by atoms with Crippen molar-refractivity contribution in [1.82, 2.24) is 4.98 Å². The van der Waals surface area contributed by atoms with E-state index < -0.39 is 0 Å². The summed E-state index contributed by atoms with van der Waals surface area (Å²) in [5, 5.41) is 0. The van der Waals surface area contributed by atoms with Crippen molar-refractivity contribution in [2.24, 2.45) is 0 Å². The average Bonchev–Trinajstić information content (AvgIpc) is 2.38. The molecule has 0 aliphatic carbocycles. The summed E-state index contributed by atoms with van der Waals surface area (Å²) in [6.45, 7) is 2.28. The molecule has 3 nitrogen and oxygen atoms in total. The van der Waals surface area contributed by atoms with Gasteiger partial charge in [0.05, 0.1) is 17.9 Å². The predicted molar refractivity (Wildman–Crippen MR) is 68.4 cm³/mol. The quantitative estimate of drug-likeness (QED) is 0.737. The van der Waals surface area contributed by atoms with E-state index in [1.807, 2.05) is 13.0 Å². The Morgan fingerprint density at radius 2 is 2.00 bits per heavy atom. The van der Waals surface area contributed by atoms with Gasteiger partial charge in [-0.15, -0.1) is 0 Å². The van der Waals surface area contributed by atoms with Crippen molar-refractivity contribution in [2.75, 3.05) is 6.61 Å². The minimum Gasteiger partial charge on any atom is -0.462 e. The summed E-state index contributed by atoms with van der Waals surface area (Å²) >= 11 is 0. The van der Waals surface area contributed by atoms with E-state index in [1.54, 1.807) is 12.1 Å². The summed E-state index contributed by atoms with van der Waals surface area (Å²) in [4.78, 5) is 16.3. The van der Waals surface area contributed by atoms with Gasteiger partial charge >= 0.3 is 5.97 Å². The number of pyridine rings is 1. The first kappa shape index (κ1) is 11.8. The van der Waals surface area contributed by atoms with Crippen LogP contribution in [0.25, 0.3) is 11.3 Å². The number of ether oxygens (including phenoxy) is 1. The predicted octanol–water partition coefficient (Wildman–Crippen LogP) is 2.91. The van der Waals surface area contributed by atoms with E-state index >= 15 is 0 Å². The number of aromatic nitrogens is 1. The number of aryl methyl sites for hydroxylation is 1. The maximum absolute atomic E-state index is 13.0. The zero-order chi connectivity index (χ0) is 13.4. The third-order valence-corrected chi connectivity index (χ3v) is 3.16. The number of fused-ring (bicyclic) bond motifs is 1. The highest BCUT2D eigenvalue weighted by atomic mass is 19.1. The number of hydrogen-bond acceptors (Lipinski definition) is 3. The van der Waals surface area contributed by atoms with Gasteiger partial charge in [-0.2, -0.15) is 0 Å². The monoisotopic (exact) mass is 257 g/mol. The molecule has 0 saturated heterocycles. The molecule has 4 heteroatoms. The molecule has 0 atom stereocenters. The average molecular weight is 257 g/mol. The summed E-state index contributed by atoms with van der Waals surface area (Å²) in [6.07, 6.45) is 0.693. The molecule has 1 aromatic carbocycles. The minimum atomic E-state index is -0.354. The molecule has 96 valence electrons. The van der Waals surface area contributed by atoms with Gasteiger partial charge in [0.1, 0.15) is 5.82 Å². The van der Waals surface area contributed by atoms with Gasteiger partial charge < -0.3 is 4.74 Å². The summed E-state index contributed by atoms with van der Waals surface area (Å²) in [6, 6.07) is 7.88. The second-order valence-electron chi connectivity index (χ2n) is 4.54. The highest BCUT2D eigenvalue weighted by molar-refractivity contribution is 5.98. The first-order valence-electron chi connectivity index (χ1n) is 6.09. The number of rotatable bonds is 1. The minimum absolute atomic E-state index is 0.312. The second kappa shape index (κ2) is 4.46. The lowest BCUT2D eigenvalue weighted by Gasteiger charge is -2.19. The van der Waals surface area contributed by atoms with E-state index in [4.69, 9.17) is 4.74 Å². The third-order valence-electron chi connectivity index (χ3n) is 3.16. The van der Waals surface area contributed by atoms with E-state index in [0.29, 0.717) is 24.3 Å². The molecule has 0 N–H and O–H groups in total. The molecule has 0 amide bonds. The Morgan fingerprint density at radius 3 is 2.74 bits per heavy atom. The molecule has 0 bridgehead atoms.